The number of halogens is 1. The van der Waals surface area contributed by atoms with Gasteiger partial charge in [-0.25, -0.2) is 0 Å². The van der Waals surface area contributed by atoms with E-state index in [1.807, 2.05) is 24.3 Å². The molecule has 0 amide bonds. The van der Waals surface area contributed by atoms with Gasteiger partial charge in [0.15, 0.2) is 5.82 Å². The first kappa shape index (κ1) is 11.0. The molecule has 1 aromatic carbocycles. The van der Waals surface area contributed by atoms with E-state index in [4.69, 9.17) is 4.52 Å². The number of rotatable bonds is 3. The van der Waals surface area contributed by atoms with Crippen LogP contribution < -0.4 is 0 Å². The van der Waals surface area contributed by atoms with Gasteiger partial charge in [-0.05, 0) is 31.2 Å². The number of Topliss-reactive ketones (excluding diaryl/α,β-unsaturated/α-hetero) is 1. The maximum Gasteiger partial charge on any atom is 0.257 e. The van der Waals surface area contributed by atoms with Gasteiger partial charge in [-0.15, -0.1) is 0 Å². The second-order valence-corrected chi connectivity index (χ2v) is 4.32. The van der Waals surface area contributed by atoms with E-state index in [-0.39, 0.29) is 12.2 Å². The second-order valence-electron chi connectivity index (χ2n) is 3.40. The number of carbonyl (C=O) groups excluding carboxylic acids is 1. The number of benzene rings is 1. The van der Waals surface area contributed by atoms with Crippen molar-refractivity contribution >= 4 is 21.7 Å². The van der Waals surface area contributed by atoms with Crippen LogP contribution in [-0.2, 0) is 11.2 Å². The summed E-state index contributed by atoms with van der Waals surface area (Å²) < 4.78 is 6.05. The SMILES string of the molecule is CC(=O)Cc1noc(-c2ccc(Br)cc2)n1. The van der Waals surface area contributed by atoms with Crippen molar-refractivity contribution in [3.8, 4) is 11.5 Å². The Hall–Kier alpha value is -1.49. The largest absolute Gasteiger partial charge is 0.334 e. The van der Waals surface area contributed by atoms with Crippen molar-refractivity contribution in [2.24, 2.45) is 0 Å². The Morgan fingerprint density at radius 1 is 1.38 bits per heavy atom. The Labute approximate surface area is 101 Å². The van der Waals surface area contributed by atoms with Crippen LogP contribution in [0.25, 0.3) is 11.5 Å². The minimum Gasteiger partial charge on any atom is -0.334 e. The fourth-order valence-corrected chi connectivity index (χ4v) is 1.52. The zero-order valence-corrected chi connectivity index (χ0v) is 10.2. The van der Waals surface area contributed by atoms with Crippen molar-refractivity contribution < 1.29 is 9.32 Å². The number of carbonyl (C=O) groups is 1. The Morgan fingerprint density at radius 2 is 2.06 bits per heavy atom. The van der Waals surface area contributed by atoms with Crippen molar-refractivity contribution in [1.82, 2.24) is 10.1 Å². The predicted molar refractivity (Wildman–Crippen MR) is 61.8 cm³/mol. The lowest BCUT2D eigenvalue weighted by atomic mass is 10.2. The average molecular weight is 281 g/mol. The summed E-state index contributed by atoms with van der Waals surface area (Å²) in [7, 11) is 0. The molecule has 2 aromatic rings. The molecule has 0 spiro atoms. The Balaban J connectivity index is 2.24. The first-order valence-corrected chi connectivity index (χ1v) is 5.52. The molecule has 1 aromatic heterocycles. The van der Waals surface area contributed by atoms with Crippen LogP contribution in [0.2, 0.25) is 0 Å². The molecule has 0 aliphatic heterocycles. The summed E-state index contributed by atoms with van der Waals surface area (Å²) in [4.78, 5) is 15.0. The minimum atomic E-state index is 0.0168. The second kappa shape index (κ2) is 4.57. The lowest BCUT2D eigenvalue weighted by Gasteiger charge is -1.93. The van der Waals surface area contributed by atoms with Crippen LogP contribution in [0.3, 0.4) is 0 Å². The summed E-state index contributed by atoms with van der Waals surface area (Å²) >= 11 is 3.34. The molecule has 5 heteroatoms. The van der Waals surface area contributed by atoms with E-state index in [1.165, 1.54) is 6.92 Å². The van der Waals surface area contributed by atoms with Gasteiger partial charge in [-0.2, -0.15) is 4.98 Å². The number of hydrogen-bond donors (Lipinski definition) is 0. The van der Waals surface area contributed by atoms with E-state index in [0.29, 0.717) is 11.7 Å². The summed E-state index contributed by atoms with van der Waals surface area (Å²) in [5.74, 6) is 0.873. The van der Waals surface area contributed by atoms with Crippen LogP contribution in [0.5, 0.6) is 0 Å². The van der Waals surface area contributed by atoms with Crippen molar-refractivity contribution in [2.45, 2.75) is 13.3 Å². The molecule has 2 rings (SSSR count). The minimum absolute atomic E-state index is 0.0168. The molecule has 1 heterocycles. The van der Waals surface area contributed by atoms with Crippen LogP contribution in [0.15, 0.2) is 33.3 Å². The van der Waals surface area contributed by atoms with E-state index < -0.39 is 0 Å². The standard InChI is InChI=1S/C11H9BrN2O2/c1-7(15)6-10-13-11(16-14-10)8-2-4-9(12)5-3-8/h2-5H,6H2,1H3. The summed E-state index contributed by atoms with van der Waals surface area (Å²) in [6.07, 6.45) is 0.208. The fraction of sp³-hybridized carbons (Fsp3) is 0.182. The third-order valence-corrected chi connectivity index (χ3v) is 2.49. The van der Waals surface area contributed by atoms with E-state index in [9.17, 15) is 4.79 Å². The Bertz CT molecular complexity index is 505. The van der Waals surface area contributed by atoms with E-state index in [2.05, 4.69) is 26.1 Å². The van der Waals surface area contributed by atoms with E-state index >= 15 is 0 Å². The maximum absolute atomic E-state index is 10.9. The highest BCUT2D eigenvalue weighted by atomic mass is 79.9. The number of nitrogens with zero attached hydrogens (tertiary/aromatic N) is 2. The van der Waals surface area contributed by atoms with Gasteiger partial charge in [0.1, 0.15) is 5.78 Å². The van der Waals surface area contributed by atoms with Gasteiger partial charge in [0, 0.05) is 10.0 Å². The first-order chi connectivity index (χ1) is 7.65. The van der Waals surface area contributed by atoms with Crippen LogP contribution in [-0.4, -0.2) is 15.9 Å². The monoisotopic (exact) mass is 280 g/mol. The Morgan fingerprint density at radius 3 is 2.69 bits per heavy atom. The fourth-order valence-electron chi connectivity index (χ4n) is 1.26. The third kappa shape index (κ3) is 2.55. The van der Waals surface area contributed by atoms with Crippen molar-refractivity contribution in [3.63, 3.8) is 0 Å². The maximum atomic E-state index is 10.9. The topological polar surface area (TPSA) is 56.0 Å². The quantitative estimate of drug-likeness (QED) is 0.867. The highest BCUT2D eigenvalue weighted by molar-refractivity contribution is 9.10. The predicted octanol–water partition coefficient (Wildman–Crippen LogP) is 2.63. The van der Waals surface area contributed by atoms with Crippen molar-refractivity contribution in [3.05, 3.63) is 34.6 Å². The van der Waals surface area contributed by atoms with Crippen LogP contribution >= 0.6 is 15.9 Å². The van der Waals surface area contributed by atoms with Gasteiger partial charge in [0.25, 0.3) is 5.89 Å². The molecule has 4 nitrogen and oxygen atoms in total. The summed E-state index contributed by atoms with van der Waals surface area (Å²) in [5, 5.41) is 3.74. The lowest BCUT2D eigenvalue weighted by molar-refractivity contribution is -0.116. The van der Waals surface area contributed by atoms with Gasteiger partial charge in [-0.3, -0.25) is 4.79 Å². The van der Waals surface area contributed by atoms with Gasteiger partial charge in [-0.1, -0.05) is 21.1 Å². The van der Waals surface area contributed by atoms with Crippen molar-refractivity contribution in [1.29, 1.82) is 0 Å². The zero-order valence-electron chi connectivity index (χ0n) is 8.61. The number of hydrogen-bond acceptors (Lipinski definition) is 4. The Kier molecular flexibility index (Phi) is 3.14. The molecule has 0 N–H and O–H groups in total. The number of aromatic nitrogens is 2. The van der Waals surface area contributed by atoms with Gasteiger partial charge in [0.2, 0.25) is 0 Å². The highest BCUT2D eigenvalue weighted by Gasteiger charge is 2.09. The highest BCUT2D eigenvalue weighted by Crippen LogP contribution is 2.19. The molecule has 0 unspecified atom stereocenters. The van der Waals surface area contributed by atoms with Crippen molar-refractivity contribution in [2.75, 3.05) is 0 Å². The van der Waals surface area contributed by atoms with Crippen LogP contribution in [0.4, 0.5) is 0 Å². The van der Waals surface area contributed by atoms with E-state index in [0.717, 1.165) is 10.0 Å². The first-order valence-electron chi connectivity index (χ1n) is 4.73. The van der Waals surface area contributed by atoms with E-state index in [1.54, 1.807) is 0 Å². The van der Waals surface area contributed by atoms with Crippen LogP contribution in [0.1, 0.15) is 12.7 Å². The molecule has 16 heavy (non-hydrogen) atoms. The molecule has 0 atom stereocenters. The molecule has 0 saturated carbocycles. The third-order valence-electron chi connectivity index (χ3n) is 1.97. The molecule has 0 aliphatic rings. The summed E-state index contributed by atoms with van der Waals surface area (Å²) in [5.41, 5.74) is 0.838. The molecule has 0 fully saturated rings. The van der Waals surface area contributed by atoms with Crippen LogP contribution in [0, 0.1) is 0 Å². The molecule has 0 radical (unpaired) electrons. The van der Waals surface area contributed by atoms with Gasteiger partial charge < -0.3 is 4.52 Å². The van der Waals surface area contributed by atoms with Gasteiger partial charge in [0.05, 0.1) is 6.42 Å². The molecule has 0 aliphatic carbocycles. The smallest absolute Gasteiger partial charge is 0.257 e. The lowest BCUT2D eigenvalue weighted by Crippen LogP contribution is -1.97. The molecule has 82 valence electrons. The normalized spacial score (nSPS) is 10.4. The summed E-state index contributed by atoms with van der Waals surface area (Å²) in [6.45, 7) is 1.50. The van der Waals surface area contributed by atoms with Gasteiger partial charge >= 0.3 is 0 Å². The average Bonchev–Trinajstić information content (AvgIpc) is 2.66. The molecular formula is C11H9BrN2O2. The molecular weight excluding hydrogens is 272 g/mol. The zero-order chi connectivity index (χ0) is 11.5. The summed E-state index contributed by atoms with van der Waals surface area (Å²) in [6, 6.07) is 7.53. The number of ketones is 1. The molecule has 0 bridgehead atoms. The molecule has 0 saturated heterocycles.